The molecule has 0 unspecified atom stereocenters. The van der Waals surface area contributed by atoms with Gasteiger partial charge in [-0.3, -0.25) is 0 Å². The number of carboxylic acids is 1. The van der Waals surface area contributed by atoms with Gasteiger partial charge in [0.25, 0.3) is 0 Å². The molecule has 0 fully saturated rings. The molecule has 3 aromatic rings. The van der Waals surface area contributed by atoms with Crippen molar-refractivity contribution in [2.75, 3.05) is 0 Å². The maximum absolute atomic E-state index is 11.4. The molecule has 0 spiro atoms. The maximum atomic E-state index is 11.4. The highest BCUT2D eigenvalue weighted by Crippen LogP contribution is 2.22. The summed E-state index contributed by atoms with van der Waals surface area (Å²) >= 11 is 0. The number of hydrogen-bond acceptors (Lipinski definition) is 2. The molecule has 25 heavy (non-hydrogen) atoms. The topological polar surface area (TPSA) is 46.5 Å². The van der Waals surface area contributed by atoms with E-state index in [1.54, 1.807) is 12.1 Å². The van der Waals surface area contributed by atoms with Crippen molar-refractivity contribution in [2.45, 2.75) is 6.61 Å². The van der Waals surface area contributed by atoms with E-state index in [9.17, 15) is 9.90 Å². The van der Waals surface area contributed by atoms with Crippen LogP contribution in [0.2, 0.25) is 0 Å². The fourth-order valence-electron chi connectivity index (χ4n) is 2.30. The van der Waals surface area contributed by atoms with Crippen molar-refractivity contribution in [3.05, 3.63) is 101 Å². The zero-order chi connectivity index (χ0) is 17.5. The van der Waals surface area contributed by atoms with Crippen molar-refractivity contribution in [1.29, 1.82) is 0 Å². The number of ether oxygens (including phenoxy) is 1. The Morgan fingerprint density at radius 3 is 2.16 bits per heavy atom. The van der Waals surface area contributed by atoms with Crippen LogP contribution in [0.3, 0.4) is 0 Å². The summed E-state index contributed by atoms with van der Waals surface area (Å²) in [6, 6.07) is 24.1. The van der Waals surface area contributed by atoms with E-state index in [1.807, 2.05) is 60.7 Å². The van der Waals surface area contributed by atoms with Gasteiger partial charge in [0.05, 0.1) is 0 Å². The van der Waals surface area contributed by atoms with Crippen LogP contribution in [0, 0.1) is 11.8 Å². The van der Waals surface area contributed by atoms with Gasteiger partial charge in [0, 0.05) is 11.1 Å². The molecule has 0 heterocycles. The molecule has 0 aliphatic heterocycles. The summed E-state index contributed by atoms with van der Waals surface area (Å²) in [5.74, 6) is 5.39. The maximum Gasteiger partial charge on any atom is 0.339 e. The predicted molar refractivity (Wildman–Crippen MR) is 96.6 cm³/mol. The third-order valence-corrected chi connectivity index (χ3v) is 3.57. The minimum atomic E-state index is -1.02. The molecule has 1 N–H and O–H groups in total. The normalized spacial score (nSPS) is 9.76. The molecule has 0 saturated heterocycles. The van der Waals surface area contributed by atoms with Crippen LogP contribution in [0.5, 0.6) is 5.75 Å². The number of carboxylic acid groups (broad SMARTS) is 1. The van der Waals surface area contributed by atoms with Crippen LogP contribution in [-0.2, 0) is 6.61 Å². The van der Waals surface area contributed by atoms with Crippen molar-refractivity contribution in [2.24, 2.45) is 0 Å². The molecule has 0 bridgehead atoms. The van der Waals surface area contributed by atoms with E-state index in [0.29, 0.717) is 17.9 Å². The second kappa shape index (κ2) is 7.85. The largest absolute Gasteiger partial charge is 0.488 e. The predicted octanol–water partition coefficient (Wildman–Crippen LogP) is 4.36. The summed E-state index contributed by atoms with van der Waals surface area (Å²) in [6.07, 6.45) is 0. The Hall–Kier alpha value is -3.51. The lowest BCUT2D eigenvalue weighted by Gasteiger charge is -2.09. The van der Waals surface area contributed by atoms with Gasteiger partial charge in [-0.25, -0.2) is 4.79 Å². The SMILES string of the molecule is O=C(O)c1ccc(C#Cc2ccccc2)cc1OCc1ccccc1. The smallest absolute Gasteiger partial charge is 0.339 e. The standard InChI is InChI=1S/C22H16O3/c23-22(24)20-14-13-18(12-11-17-7-3-1-4-8-17)15-21(20)25-16-19-9-5-2-6-10-19/h1-10,13-15H,16H2,(H,23,24). The van der Waals surface area contributed by atoms with Gasteiger partial charge in [-0.15, -0.1) is 0 Å². The average molecular weight is 328 g/mol. The molecule has 0 aliphatic rings. The molecule has 3 nitrogen and oxygen atoms in total. The molecule has 3 rings (SSSR count). The van der Waals surface area contributed by atoms with Crippen LogP contribution in [0.15, 0.2) is 78.9 Å². The molecule has 0 amide bonds. The first kappa shape index (κ1) is 16.4. The highest BCUT2D eigenvalue weighted by molar-refractivity contribution is 5.91. The lowest BCUT2D eigenvalue weighted by Crippen LogP contribution is -2.03. The fraction of sp³-hybridized carbons (Fsp3) is 0.0455. The summed E-state index contributed by atoms with van der Waals surface area (Å²) in [7, 11) is 0. The van der Waals surface area contributed by atoms with Gasteiger partial charge in [0.2, 0.25) is 0 Å². The minimum Gasteiger partial charge on any atom is -0.488 e. The monoisotopic (exact) mass is 328 g/mol. The third-order valence-electron chi connectivity index (χ3n) is 3.57. The molecular weight excluding hydrogens is 312 g/mol. The number of carbonyl (C=O) groups is 1. The van der Waals surface area contributed by atoms with Crippen molar-refractivity contribution < 1.29 is 14.6 Å². The van der Waals surface area contributed by atoms with Crippen LogP contribution >= 0.6 is 0 Å². The first-order chi connectivity index (χ1) is 12.2. The van der Waals surface area contributed by atoms with E-state index >= 15 is 0 Å². The third kappa shape index (κ3) is 4.49. The van der Waals surface area contributed by atoms with Crippen LogP contribution in [0.1, 0.15) is 27.0 Å². The molecule has 0 radical (unpaired) electrons. The second-order valence-corrected chi connectivity index (χ2v) is 5.41. The zero-order valence-electron chi connectivity index (χ0n) is 13.5. The van der Waals surface area contributed by atoms with E-state index in [4.69, 9.17) is 4.74 Å². The minimum absolute atomic E-state index is 0.126. The lowest BCUT2D eigenvalue weighted by atomic mass is 10.1. The first-order valence-electron chi connectivity index (χ1n) is 7.83. The summed E-state index contributed by atoms with van der Waals surface area (Å²) in [4.78, 5) is 11.4. The highest BCUT2D eigenvalue weighted by Gasteiger charge is 2.12. The molecule has 0 atom stereocenters. The van der Waals surface area contributed by atoms with Crippen molar-refractivity contribution in [1.82, 2.24) is 0 Å². The van der Waals surface area contributed by atoms with Crippen molar-refractivity contribution in [3.8, 4) is 17.6 Å². The van der Waals surface area contributed by atoms with Gasteiger partial charge in [0.1, 0.15) is 17.9 Å². The quantitative estimate of drug-likeness (QED) is 0.724. The van der Waals surface area contributed by atoms with E-state index in [0.717, 1.165) is 11.1 Å². The van der Waals surface area contributed by atoms with Gasteiger partial charge in [0.15, 0.2) is 0 Å². The van der Waals surface area contributed by atoms with E-state index in [-0.39, 0.29) is 5.56 Å². The first-order valence-corrected chi connectivity index (χ1v) is 7.83. The van der Waals surface area contributed by atoms with Crippen LogP contribution in [0.25, 0.3) is 0 Å². The Morgan fingerprint density at radius 1 is 0.840 bits per heavy atom. The Morgan fingerprint density at radius 2 is 1.48 bits per heavy atom. The Labute approximate surface area is 146 Å². The number of aromatic carboxylic acids is 1. The van der Waals surface area contributed by atoms with Gasteiger partial charge >= 0.3 is 5.97 Å². The fourth-order valence-corrected chi connectivity index (χ4v) is 2.30. The Bertz CT molecular complexity index is 920. The van der Waals surface area contributed by atoms with Crippen molar-refractivity contribution >= 4 is 5.97 Å². The average Bonchev–Trinajstić information content (AvgIpc) is 2.66. The summed E-state index contributed by atoms with van der Waals surface area (Å²) < 4.78 is 5.73. The van der Waals surface area contributed by atoms with Gasteiger partial charge in [-0.05, 0) is 35.9 Å². The molecule has 0 aliphatic carbocycles. The summed E-state index contributed by atoms with van der Waals surface area (Å²) in [5, 5.41) is 9.35. The van der Waals surface area contributed by atoms with Crippen molar-refractivity contribution in [3.63, 3.8) is 0 Å². The van der Waals surface area contributed by atoms with Crippen LogP contribution < -0.4 is 4.74 Å². The lowest BCUT2D eigenvalue weighted by molar-refractivity contribution is 0.0691. The van der Waals surface area contributed by atoms with E-state index in [1.165, 1.54) is 6.07 Å². The number of rotatable bonds is 4. The Balaban J connectivity index is 1.85. The summed E-state index contributed by atoms with van der Waals surface area (Å²) in [5.41, 5.74) is 2.70. The Kier molecular flexibility index (Phi) is 5.13. The molecule has 122 valence electrons. The molecule has 0 aromatic heterocycles. The van der Waals surface area contributed by atoms with Gasteiger partial charge < -0.3 is 9.84 Å². The van der Waals surface area contributed by atoms with E-state index < -0.39 is 5.97 Å². The molecule has 0 saturated carbocycles. The van der Waals surface area contributed by atoms with Gasteiger partial charge in [-0.2, -0.15) is 0 Å². The van der Waals surface area contributed by atoms with Crippen LogP contribution in [-0.4, -0.2) is 11.1 Å². The highest BCUT2D eigenvalue weighted by atomic mass is 16.5. The number of benzene rings is 3. The molecule has 3 heteroatoms. The summed E-state index contributed by atoms with van der Waals surface area (Å²) in [6.45, 7) is 0.302. The van der Waals surface area contributed by atoms with Gasteiger partial charge in [-0.1, -0.05) is 60.4 Å². The molecular formula is C22H16O3. The van der Waals surface area contributed by atoms with Crippen LogP contribution in [0.4, 0.5) is 0 Å². The van der Waals surface area contributed by atoms with E-state index in [2.05, 4.69) is 11.8 Å². The number of hydrogen-bond donors (Lipinski definition) is 1. The second-order valence-electron chi connectivity index (χ2n) is 5.41. The zero-order valence-corrected chi connectivity index (χ0v) is 13.5. The molecule has 3 aromatic carbocycles.